The largest absolute Gasteiger partial charge is 0.489 e. The van der Waals surface area contributed by atoms with Gasteiger partial charge in [0.25, 0.3) is 5.91 Å². The van der Waals surface area contributed by atoms with E-state index >= 15 is 8.78 Å². The van der Waals surface area contributed by atoms with E-state index in [2.05, 4.69) is 0 Å². The third-order valence-electron chi connectivity index (χ3n) is 8.91. The number of alkyl halides is 1. The molecule has 4 bridgehead atoms. The van der Waals surface area contributed by atoms with Gasteiger partial charge in [0.15, 0.2) is 0 Å². The van der Waals surface area contributed by atoms with Crippen molar-refractivity contribution >= 4 is 11.9 Å². The van der Waals surface area contributed by atoms with Crippen LogP contribution in [0.3, 0.4) is 0 Å². The number of esters is 1. The maximum atomic E-state index is 15.5. The first kappa shape index (κ1) is 24.2. The summed E-state index contributed by atoms with van der Waals surface area (Å²) < 4.78 is 42.7. The summed E-state index contributed by atoms with van der Waals surface area (Å²) >= 11 is 0. The Morgan fingerprint density at radius 3 is 2.36 bits per heavy atom. The molecule has 36 heavy (non-hydrogen) atoms. The van der Waals surface area contributed by atoms with Crippen molar-refractivity contribution in [1.82, 2.24) is 4.90 Å². The van der Waals surface area contributed by atoms with Crippen LogP contribution in [0.5, 0.6) is 5.75 Å². The summed E-state index contributed by atoms with van der Waals surface area (Å²) in [6.45, 7) is 5.78. The molecule has 2 unspecified atom stereocenters. The number of halogens is 2. The number of ether oxygens (including phenoxy) is 2. The normalized spacial score (nSPS) is 35.2. The van der Waals surface area contributed by atoms with E-state index in [1.54, 1.807) is 26.8 Å². The summed E-state index contributed by atoms with van der Waals surface area (Å²) in [4.78, 5) is 27.7. The van der Waals surface area contributed by atoms with E-state index in [0.717, 1.165) is 31.2 Å². The number of carbonyl (C=O) groups is 2. The first-order chi connectivity index (χ1) is 17.0. The topological polar surface area (TPSA) is 55.8 Å². The van der Waals surface area contributed by atoms with Crippen LogP contribution >= 0.6 is 0 Å². The molecule has 1 aliphatic heterocycles. The number of nitrogens with zero attached hydrogens (tertiary/aromatic N) is 1. The second-order valence-corrected chi connectivity index (χ2v) is 13.0. The third-order valence-corrected chi connectivity index (χ3v) is 8.91. The molecular weight excluding hydrogens is 464 g/mol. The van der Waals surface area contributed by atoms with Gasteiger partial charge in [0.05, 0.1) is 5.56 Å². The molecule has 3 atom stereocenters. The molecule has 0 N–H and O–H groups in total. The van der Waals surface area contributed by atoms with Gasteiger partial charge in [-0.05, 0) is 114 Å². The molecule has 7 rings (SSSR count). The van der Waals surface area contributed by atoms with Gasteiger partial charge in [-0.15, -0.1) is 0 Å². The lowest BCUT2D eigenvalue weighted by molar-refractivity contribution is -0.159. The predicted octanol–water partition coefficient (Wildman–Crippen LogP) is 5.95. The number of likely N-dealkylation sites (tertiary alicyclic amines) is 1. The van der Waals surface area contributed by atoms with Crippen LogP contribution in [0.1, 0.15) is 100 Å². The van der Waals surface area contributed by atoms with Crippen LogP contribution in [0.2, 0.25) is 0 Å². The van der Waals surface area contributed by atoms with Gasteiger partial charge in [0, 0.05) is 12.6 Å². The summed E-state index contributed by atoms with van der Waals surface area (Å²) in [6.07, 6.45) is 6.83. The zero-order chi connectivity index (χ0) is 25.4. The minimum absolute atomic E-state index is 0.00694. The molecule has 6 fully saturated rings. The van der Waals surface area contributed by atoms with Crippen LogP contribution in [0.4, 0.5) is 8.78 Å². The molecule has 0 spiro atoms. The minimum Gasteiger partial charge on any atom is -0.489 e. The molecule has 5 saturated carbocycles. The highest BCUT2D eigenvalue weighted by Gasteiger charge is 2.57. The van der Waals surface area contributed by atoms with E-state index in [4.69, 9.17) is 9.47 Å². The summed E-state index contributed by atoms with van der Waals surface area (Å²) in [6, 6.07) is 2.33. The zero-order valence-corrected chi connectivity index (χ0v) is 21.5. The minimum atomic E-state index is -1.04. The van der Waals surface area contributed by atoms with Crippen LogP contribution < -0.4 is 4.74 Å². The Balaban J connectivity index is 1.25. The van der Waals surface area contributed by atoms with Crippen LogP contribution in [0.25, 0.3) is 0 Å². The summed E-state index contributed by atoms with van der Waals surface area (Å²) in [7, 11) is 0. The maximum absolute atomic E-state index is 15.5. The van der Waals surface area contributed by atoms with Gasteiger partial charge < -0.3 is 14.4 Å². The average Bonchev–Trinajstić information content (AvgIpc) is 3.48. The van der Waals surface area contributed by atoms with E-state index in [9.17, 15) is 9.59 Å². The molecule has 1 heterocycles. The first-order valence-corrected chi connectivity index (χ1v) is 13.7. The van der Waals surface area contributed by atoms with Crippen molar-refractivity contribution in [1.29, 1.82) is 0 Å². The average molecular weight is 502 g/mol. The van der Waals surface area contributed by atoms with Gasteiger partial charge in [-0.1, -0.05) is 0 Å². The number of hydrogen-bond acceptors (Lipinski definition) is 4. The molecular formula is C29H37F2NO4. The molecule has 5 aliphatic carbocycles. The molecule has 7 heteroatoms. The highest BCUT2D eigenvalue weighted by Crippen LogP contribution is 2.58. The molecule has 1 amide bonds. The van der Waals surface area contributed by atoms with Crippen LogP contribution in [0, 0.1) is 23.6 Å². The highest BCUT2D eigenvalue weighted by molar-refractivity contribution is 5.98. The molecule has 5 nitrogen and oxygen atoms in total. The molecule has 0 radical (unpaired) electrons. The standard InChI is InChI=1S/C29H37F2NO4/c1-28(2,3)36-27(34)23-5-4-8-32(23)26(33)21-11-20(17-6-7-17)24(12-22(21)30)35-25-18-9-16-10-19(25)15-29(31,13-16)14-18/h11-12,16-19,23,25H,4-10,13-15H2,1-3H3/t16?,18?,19?,23-,25-,29-/m0/s1. The molecule has 0 aromatic heterocycles. The molecule has 1 aromatic carbocycles. The fourth-order valence-electron chi connectivity index (χ4n) is 7.55. The Morgan fingerprint density at radius 1 is 1.06 bits per heavy atom. The predicted molar refractivity (Wildman–Crippen MR) is 130 cm³/mol. The van der Waals surface area contributed by atoms with Gasteiger partial charge in [0.1, 0.15) is 35.0 Å². The van der Waals surface area contributed by atoms with Gasteiger partial charge in [0.2, 0.25) is 0 Å². The maximum Gasteiger partial charge on any atom is 0.329 e. The quantitative estimate of drug-likeness (QED) is 0.468. The second kappa shape index (κ2) is 8.42. The summed E-state index contributed by atoms with van der Waals surface area (Å²) in [5, 5.41) is 0. The van der Waals surface area contributed by atoms with Crippen LogP contribution in [-0.2, 0) is 9.53 Å². The lowest BCUT2D eigenvalue weighted by Crippen LogP contribution is -2.56. The van der Waals surface area contributed by atoms with Crippen molar-refractivity contribution in [2.45, 2.75) is 108 Å². The van der Waals surface area contributed by atoms with Crippen molar-refractivity contribution < 1.29 is 27.8 Å². The van der Waals surface area contributed by atoms with Crippen molar-refractivity contribution in [3.8, 4) is 5.75 Å². The van der Waals surface area contributed by atoms with Crippen LogP contribution in [-0.4, -0.2) is 46.7 Å². The van der Waals surface area contributed by atoms with Gasteiger partial charge >= 0.3 is 5.97 Å². The summed E-state index contributed by atoms with van der Waals surface area (Å²) in [5.74, 6) is 0.0323. The lowest BCUT2D eigenvalue weighted by Gasteiger charge is -2.56. The fourth-order valence-corrected chi connectivity index (χ4v) is 7.55. The van der Waals surface area contributed by atoms with Gasteiger partial charge in [-0.25, -0.2) is 13.6 Å². The lowest BCUT2D eigenvalue weighted by atomic mass is 9.53. The van der Waals surface area contributed by atoms with E-state index in [1.165, 1.54) is 11.0 Å². The van der Waals surface area contributed by atoms with Crippen molar-refractivity contribution in [3.63, 3.8) is 0 Å². The van der Waals surface area contributed by atoms with E-state index in [1.807, 2.05) is 0 Å². The van der Waals surface area contributed by atoms with E-state index in [0.29, 0.717) is 50.3 Å². The molecule has 1 aromatic rings. The smallest absolute Gasteiger partial charge is 0.329 e. The number of amides is 1. The first-order valence-electron chi connectivity index (χ1n) is 13.7. The SMILES string of the molecule is CC(C)(C)OC(=O)[C@@H]1CCCN1C(=O)c1cc(C2CC2)c(O[C@H]2C3CC4CC2C[C@](F)(C4)C3)cc1F. The van der Waals surface area contributed by atoms with Crippen molar-refractivity contribution in [2.75, 3.05) is 6.54 Å². The monoisotopic (exact) mass is 501 g/mol. The number of carbonyl (C=O) groups excluding carboxylic acids is 2. The number of benzene rings is 1. The Labute approximate surface area is 211 Å². The Bertz CT molecular complexity index is 1060. The Hall–Kier alpha value is -2.18. The van der Waals surface area contributed by atoms with E-state index < -0.39 is 35.0 Å². The van der Waals surface area contributed by atoms with Crippen molar-refractivity contribution in [2.24, 2.45) is 17.8 Å². The van der Waals surface area contributed by atoms with Gasteiger partial charge in [-0.2, -0.15) is 0 Å². The Morgan fingerprint density at radius 2 is 1.75 bits per heavy atom. The molecule has 6 aliphatic rings. The van der Waals surface area contributed by atoms with E-state index in [-0.39, 0.29) is 29.4 Å². The Kier molecular flexibility index (Phi) is 5.65. The highest BCUT2D eigenvalue weighted by atomic mass is 19.1. The van der Waals surface area contributed by atoms with Crippen molar-refractivity contribution in [3.05, 3.63) is 29.1 Å². The summed E-state index contributed by atoms with van der Waals surface area (Å²) in [5.41, 5.74) is -0.834. The molecule has 196 valence electrons. The molecule has 1 saturated heterocycles. The fraction of sp³-hybridized carbons (Fsp3) is 0.724. The van der Waals surface area contributed by atoms with Gasteiger partial charge in [-0.3, -0.25) is 4.79 Å². The number of hydrogen-bond donors (Lipinski definition) is 0. The number of rotatable bonds is 5. The third kappa shape index (κ3) is 4.41. The second-order valence-electron chi connectivity index (χ2n) is 13.0. The zero-order valence-electron chi connectivity index (χ0n) is 21.5. The van der Waals surface area contributed by atoms with Crippen LogP contribution in [0.15, 0.2) is 12.1 Å².